The van der Waals surface area contributed by atoms with Crippen molar-refractivity contribution in [1.29, 1.82) is 0 Å². The minimum atomic E-state index is 0.267. The molecule has 0 aliphatic carbocycles. The second kappa shape index (κ2) is 5.86. The van der Waals surface area contributed by atoms with E-state index in [1.165, 1.54) is 5.56 Å². The highest BCUT2D eigenvalue weighted by molar-refractivity contribution is 6.31. The highest BCUT2D eigenvalue weighted by atomic mass is 35.5. The van der Waals surface area contributed by atoms with Crippen molar-refractivity contribution >= 4 is 11.6 Å². The zero-order chi connectivity index (χ0) is 13.9. The molecule has 0 spiro atoms. The third-order valence-electron chi connectivity index (χ3n) is 4.00. The van der Waals surface area contributed by atoms with Gasteiger partial charge in [0.05, 0.1) is 6.61 Å². The van der Waals surface area contributed by atoms with Gasteiger partial charge in [-0.05, 0) is 36.6 Å². The molecule has 0 bridgehead atoms. The van der Waals surface area contributed by atoms with E-state index in [9.17, 15) is 0 Å². The van der Waals surface area contributed by atoms with Gasteiger partial charge in [0.2, 0.25) is 0 Å². The maximum atomic E-state index is 6.30. The Morgan fingerprint density at radius 2 is 1.90 bits per heavy atom. The monoisotopic (exact) mass is 287 g/mol. The predicted octanol–water partition coefficient (Wildman–Crippen LogP) is 3.95. The molecule has 0 radical (unpaired) electrons. The van der Waals surface area contributed by atoms with Gasteiger partial charge >= 0.3 is 0 Å². The van der Waals surface area contributed by atoms with E-state index in [1.54, 1.807) is 0 Å². The van der Waals surface area contributed by atoms with E-state index < -0.39 is 0 Å². The smallest absolute Gasteiger partial charge is 0.122 e. The first kappa shape index (κ1) is 13.5. The van der Waals surface area contributed by atoms with Gasteiger partial charge < -0.3 is 10.5 Å². The lowest BCUT2D eigenvalue weighted by molar-refractivity contribution is 0.319. The molecule has 0 fully saturated rings. The Kier molecular flexibility index (Phi) is 3.95. The molecular weight excluding hydrogens is 270 g/mol. The average molecular weight is 288 g/mol. The molecule has 2 atom stereocenters. The summed E-state index contributed by atoms with van der Waals surface area (Å²) in [5.41, 5.74) is 8.40. The Morgan fingerprint density at radius 3 is 2.70 bits per heavy atom. The van der Waals surface area contributed by atoms with Gasteiger partial charge in [-0.25, -0.2) is 0 Å². The van der Waals surface area contributed by atoms with Crippen LogP contribution in [0.2, 0.25) is 5.02 Å². The summed E-state index contributed by atoms with van der Waals surface area (Å²) in [7, 11) is 0. The summed E-state index contributed by atoms with van der Waals surface area (Å²) in [5.74, 6) is 1.67. The van der Waals surface area contributed by atoms with E-state index in [4.69, 9.17) is 22.1 Å². The molecule has 0 saturated heterocycles. The first-order valence-electron chi connectivity index (χ1n) is 6.96. The minimum Gasteiger partial charge on any atom is -0.493 e. The maximum Gasteiger partial charge on any atom is 0.122 e. The van der Waals surface area contributed by atoms with Gasteiger partial charge in [-0.1, -0.05) is 48.0 Å². The summed E-state index contributed by atoms with van der Waals surface area (Å²) in [6, 6.07) is 16.2. The maximum absolute atomic E-state index is 6.30. The number of ether oxygens (including phenoxy) is 1. The van der Waals surface area contributed by atoms with Gasteiger partial charge in [0.25, 0.3) is 0 Å². The third-order valence-corrected chi connectivity index (χ3v) is 4.34. The lowest BCUT2D eigenvalue weighted by Gasteiger charge is -2.20. The summed E-state index contributed by atoms with van der Waals surface area (Å²) in [4.78, 5) is 0. The van der Waals surface area contributed by atoms with E-state index in [2.05, 4.69) is 18.2 Å². The van der Waals surface area contributed by atoms with Gasteiger partial charge in [0.1, 0.15) is 5.75 Å². The normalized spacial score (nSPS) is 18.4. The van der Waals surface area contributed by atoms with E-state index in [0.29, 0.717) is 12.5 Å². The van der Waals surface area contributed by atoms with Gasteiger partial charge in [0.15, 0.2) is 0 Å². The van der Waals surface area contributed by atoms with Crippen molar-refractivity contribution < 1.29 is 4.74 Å². The van der Waals surface area contributed by atoms with Crippen molar-refractivity contribution in [3.8, 4) is 5.75 Å². The minimum absolute atomic E-state index is 0.267. The Labute approximate surface area is 124 Å². The van der Waals surface area contributed by atoms with Gasteiger partial charge in [-0.2, -0.15) is 0 Å². The molecular formula is C17H18ClNO. The topological polar surface area (TPSA) is 35.2 Å². The summed E-state index contributed by atoms with van der Waals surface area (Å²) >= 11 is 6.30. The lowest BCUT2D eigenvalue weighted by atomic mass is 9.86. The largest absolute Gasteiger partial charge is 0.493 e. The molecule has 20 heavy (non-hydrogen) atoms. The zero-order valence-electron chi connectivity index (χ0n) is 11.3. The molecule has 3 rings (SSSR count). The molecule has 0 aromatic heterocycles. The number of nitrogens with two attached hydrogens (primary N) is 1. The fourth-order valence-electron chi connectivity index (χ4n) is 2.92. The lowest BCUT2D eigenvalue weighted by Crippen LogP contribution is -2.17. The fraction of sp³-hybridized carbons (Fsp3) is 0.294. The molecule has 2 nitrogen and oxygen atoms in total. The molecule has 1 aliphatic heterocycles. The summed E-state index contributed by atoms with van der Waals surface area (Å²) in [6.45, 7) is 1.34. The molecule has 1 heterocycles. The molecule has 0 saturated carbocycles. The molecule has 2 aromatic carbocycles. The molecule has 3 heteroatoms. The number of benzene rings is 2. The standard InChI is InChI=1S/C17H18ClNO/c18-16-7-3-1-5-14(16)12(10-19)9-13-11-20-17-8-4-2-6-15(13)17/h1-8,12-13H,9-11,19H2. The van der Waals surface area contributed by atoms with Crippen molar-refractivity contribution in [3.05, 3.63) is 64.7 Å². The summed E-state index contributed by atoms with van der Waals surface area (Å²) in [5, 5.41) is 0.801. The number of para-hydroxylation sites is 1. The number of fused-ring (bicyclic) bond motifs is 1. The molecule has 104 valence electrons. The molecule has 0 amide bonds. The Balaban J connectivity index is 1.82. The SMILES string of the molecule is NCC(CC1COc2ccccc21)c1ccccc1Cl. The number of hydrogen-bond acceptors (Lipinski definition) is 2. The van der Waals surface area contributed by atoms with Crippen LogP contribution in [0.15, 0.2) is 48.5 Å². The Bertz CT molecular complexity index is 599. The quantitative estimate of drug-likeness (QED) is 0.924. The molecule has 2 aromatic rings. The van der Waals surface area contributed by atoms with E-state index in [0.717, 1.165) is 29.4 Å². The van der Waals surface area contributed by atoms with Crippen LogP contribution in [-0.4, -0.2) is 13.2 Å². The highest BCUT2D eigenvalue weighted by Crippen LogP contribution is 2.40. The first-order chi connectivity index (χ1) is 9.79. The van der Waals surface area contributed by atoms with Crippen LogP contribution < -0.4 is 10.5 Å². The summed E-state index contributed by atoms with van der Waals surface area (Å²) < 4.78 is 5.75. The van der Waals surface area contributed by atoms with E-state index in [1.807, 2.05) is 30.3 Å². The fourth-order valence-corrected chi connectivity index (χ4v) is 3.21. The van der Waals surface area contributed by atoms with Crippen LogP contribution in [-0.2, 0) is 0 Å². The molecule has 2 N–H and O–H groups in total. The van der Waals surface area contributed by atoms with Gasteiger partial charge in [-0.3, -0.25) is 0 Å². The predicted molar refractivity (Wildman–Crippen MR) is 82.5 cm³/mol. The van der Waals surface area contributed by atoms with E-state index >= 15 is 0 Å². The number of halogens is 1. The first-order valence-corrected chi connectivity index (χ1v) is 7.33. The number of hydrogen-bond donors (Lipinski definition) is 1. The average Bonchev–Trinajstić information content (AvgIpc) is 2.89. The van der Waals surface area contributed by atoms with E-state index in [-0.39, 0.29) is 5.92 Å². The van der Waals surface area contributed by atoms with Crippen LogP contribution in [0.1, 0.15) is 29.4 Å². The second-order valence-electron chi connectivity index (χ2n) is 5.24. The van der Waals surface area contributed by atoms with Crippen LogP contribution in [0.5, 0.6) is 5.75 Å². The third kappa shape index (κ3) is 2.54. The highest BCUT2D eigenvalue weighted by Gasteiger charge is 2.27. The van der Waals surface area contributed by atoms with Crippen LogP contribution in [0.25, 0.3) is 0 Å². The Hall–Kier alpha value is -1.51. The van der Waals surface area contributed by atoms with Crippen LogP contribution in [0, 0.1) is 0 Å². The second-order valence-corrected chi connectivity index (χ2v) is 5.64. The van der Waals surface area contributed by atoms with Gasteiger partial charge in [0, 0.05) is 16.5 Å². The zero-order valence-corrected chi connectivity index (χ0v) is 12.0. The Morgan fingerprint density at radius 1 is 1.15 bits per heavy atom. The van der Waals surface area contributed by atoms with Crippen molar-refractivity contribution in [1.82, 2.24) is 0 Å². The van der Waals surface area contributed by atoms with Crippen LogP contribution in [0.4, 0.5) is 0 Å². The van der Waals surface area contributed by atoms with Crippen molar-refractivity contribution in [2.24, 2.45) is 5.73 Å². The molecule has 2 unspecified atom stereocenters. The van der Waals surface area contributed by atoms with Crippen LogP contribution >= 0.6 is 11.6 Å². The molecule has 1 aliphatic rings. The van der Waals surface area contributed by atoms with Crippen LogP contribution in [0.3, 0.4) is 0 Å². The van der Waals surface area contributed by atoms with Crippen molar-refractivity contribution in [2.75, 3.05) is 13.2 Å². The number of rotatable bonds is 4. The van der Waals surface area contributed by atoms with Gasteiger partial charge in [-0.15, -0.1) is 0 Å². The summed E-state index contributed by atoms with van der Waals surface area (Å²) in [6.07, 6.45) is 0.969. The van der Waals surface area contributed by atoms with Crippen molar-refractivity contribution in [2.45, 2.75) is 18.3 Å². The van der Waals surface area contributed by atoms with Crippen molar-refractivity contribution in [3.63, 3.8) is 0 Å².